The van der Waals surface area contributed by atoms with Gasteiger partial charge in [-0.05, 0) is 38.7 Å². The Hall–Kier alpha value is -0.990. The lowest BCUT2D eigenvalue weighted by Gasteiger charge is -2.07. The molecule has 21 heavy (non-hydrogen) atoms. The maximum atomic E-state index is 12.3. The van der Waals surface area contributed by atoms with Crippen LogP contribution in [0.15, 0.2) is 4.90 Å². The number of H-pyrrole nitrogens is 1. The van der Waals surface area contributed by atoms with Crippen LogP contribution in [-0.2, 0) is 10.0 Å². The number of carbonyl (C=O) groups is 1. The zero-order valence-corrected chi connectivity index (χ0v) is 14.2. The average molecular weight is 334 g/mol. The van der Waals surface area contributed by atoms with Gasteiger partial charge >= 0.3 is 5.97 Å². The first-order valence-electron chi connectivity index (χ1n) is 6.72. The van der Waals surface area contributed by atoms with Crippen molar-refractivity contribution in [3.63, 3.8) is 0 Å². The van der Waals surface area contributed by atoms with Crippen LogP contribution < -0.4 is 4.72 Å². The van der Waals surface area contributed by atoms with E-state index in [1.807, 2.05) is 6.26 Å². The summed E-state index contributed by atoms with van der Waals surface area (Å²) in [5, 5.41) is 9.02. The van der Waals surface area contributed by atoms with Gasteiger partial charge in [0.1, 0.15) is 10.6 Å². The number of aryl methyl sites for hydroxylation is 1. The molecule has 0 saturated carbocycles. The Morgan fingerprint density at radius 3 is 2.48 bits per heavy atom. The first-order chi connectivity index (χ1) is 9.81. The van der Waals surface area contributed by atoms with E-state index in [2.05, 4.69) is 9.71 Å². The van der Waals surface area contributed by atoms with Gasteiger partial charge in [0, 0.05) is 17.8 Å². The maximum Gasteiger partial charge on any atom is 0.352 e. The normalized spacial score (nSPS) is 11.8. The summed E-state index contributed by atoms with van der Waals surface area (Å²) in [5.74, 6) is -0.0841. The van der Waals surface area contributed by atoms with Gasteiger partial charge in [-0.3, -0.25) is 0 Å². The van der Waals surface area contributed by atoms with Gasteiger partial charge in [0.25, 0.3) is 0 Å². The van der Waals surface area contributed by atoms with Gasteiger partial charge in [-0.25, -0.2) is 17.9 Å². The first kappa shape index (κ1) is 18.1. The number of thioether (sulfide) groups is 1. The molecule has 0 aromatic carbocycles. The molecule has 1 aromatic heterocycles. The number of carboxylic acid groups (broad SMARTS) is 1. The first-order valence-corrected chi connectivity index (χ1v) is 9.60. The molecule has 0 fully saturated rings. The predicted octanol–water partition coefficient (Wildman–Crippen LogP) is 2.14. The van der Waals surface area contributed by atoms with Crippen LogP contribution in [0.3, 0.4) is 0 Å². The lowest BCUT2D eigenvalue weighted by molar-refractivity contribution is 0.0690. The zero-order chi connectivity index (χ0) is 16.0. The molecule has 0 saturated heterocycles. The summed E-state index contributed by atoms with van der Waals surface area (Å²) in [6.45, 7) is 3.43. The monoisotopic (exact) mass is 334 g/mol. The number of nitrogens with one attached hydrogen (secondary N) is 2. The maximum absolute atomic E-state index is 12.3. The lowest BCUT2D eigenvalue weighted by atomic mass is 10.2. The number of aromatic nitrogens is 1. The Morgan fingerprint density at radius 1 is 1.29 bits per heavy atom. The van der Waals surface area contributed by atoms with Crippen molar-refractivity contribution < 1.29 is 18.3 Å². The molecule has 0 bridgehead atoms. The summed E-state index contributed by atoms with van der Waals surface area (Å²) in [5.41, 5.74) is 0.516. The Balaban J connectivity index is 2.73. The summed E-state index contributed by atoms with van der Waals surface area (Å²) < 4.78 is 27.1. The minimum Gasteiger partial charge on any atom is -0.477 e. The van der Waals surface area contributed by atoms with Crippen molar-refractivity contribution in [2.45, 2.75) is 38.0 Å². The topological polar surface area (TPSA) is 99.3 Å². The molecule has 8 heteroatoms. The van der Waals surface area contributed by atoms with E-state index in [4.69, 9.17) is 5.11 Å². The van der Waals surface area contributed by atoms with Crippen molar-refractivity contribution in [3.8, 4) is 0 Å². The fourth-order valence-electron chi connectivity index (χ4n) is 2.18. The van der Waals surface area contributed by atoms with Crippen LogP contribution in [0.1, 0.15) is 41.0 Å². The zero-order valence-electron chi connectivity index (χ0n) is 12.5. The molecule has 0 amide bonds. The van der Waals surface area contributed by atoms with Gasteiger partial charge in [-0.15, -0.1) is 0 Å². The number of hydrogen-bond acceptors (Lipinski definition) is 4. The molecule has 0 aliphatic heterocycles. The highest BCUT2D eigenvalue weighted by molar-refractivity contribution is 7.98. The van der Waals surface area contributed by atoms with Crippen molar-refractivity contribution in [1.29, 1.82) is 0 Å². The van der Waals surface area contributed by atoms with Crippen LogP contribution >= 0.6 is 11.8 Å². The van der Waals surface area contributed by atoms with E-state index in [0.29, 0.717) is 12.2 Å². The van der Waals surface area contributed by atoms with Gasteiger partial charge in [0.2, 0.25) is 10.0 Å². The third-order valence-corrected chi connectivity index (χ3v) is 5.60. The second-order valence-electron chi connectivity index (χ2n) is 4.84. The van der Waals surface area contributed by atoms with Crippen molar-refractivity contribution in [3.05, 3.63) is 17.0 Å². The second-order valence-corrected chi connectivity index (χ2v) is 7.52. The highest BCUT2D eigenvalue weighted by Gasteiger charge is 2.25. The number of unbranched alkanes of at least 4 members (excludes halogenated alkanes) is 2. The average Bonchev–Trinajstić information content (AvgIpc) is 2.69. The molecular formula is C13H22N2O4S2. The van der Waals surface area contributed by atoms with Crippen molar-refractivity contribution in [2.24, 2.45) is 0 Å². The summed E-state index contributed by atoms with van der Waals surface area (Å²) in [6.07, 6.45) is 4.84. The molecule has 1 heterocycles. The number of sulfonamides is 1. The number of aromatic carboxylic acids is 1. The lowest BCUT2D eigenvalue weighted by Crippen LogP contribution is -2.25. The minimum absolute atomic E-state index is 0.0454. The number of rotatable bonds is 9. The van der Waals surface area contributed by atoms with Crippen LogP contribution in [0.2, 0.25) is 0 Å². The van der Waals surface area contributed by atoms with E-state index in [0.717, 1.165) is 25.0 Å². The number of aromatic amines is 1. The van der Waals surface area contributed by atoms with Crippen molar-refractivity contribution in [1.82, 2.24) is 9.71 Å². The molecule has 1 rings (SSSR count). The fourth-order valence-corrected chi connectivity index (χ4v) is 4.19. The van der Waals surface area contributed by atoms with Crippen LogP contribution in [0.4, 0.5) is 0 Å². The summed E-state index contributed by atoms with van der Waals surface area (Å²) in [6, 6.07) is 0. The smallest absolute Gasteiger partial charge is 0.352 e. The molecule has 120 valence electrons. The van der Waals surface area contributed by atoms with E-state index in [1.54, 1.807) is 18.7 Å². The van der Waals surface area contributed by atoms with Crippen LogP contribution in [0, 0.1) is 13.8 Å². The molecule has 0 aliphatic carbocycles. The number of hydrogen-bond donors (Lipinski definition) is 3. The Morgan fingerprint density at radius 2 is 1.95 bits per heavy atom. The van der Waals surface area contributed by atoms with Crippen LogP contribution in [-0.4, -0.2) is 43.0 Å². The van der Waals surface area contributed by atoms with Gasteiger partial charge in [0.15, 0.2) is 0 Å². The Bertz CT molecular complexity index is 594. The van der Waals surface area contributed by atoms with Gasteiger partial charge < -0.3 is 10.1 Å². The van der Waals surface area contributed by atoms with E-state index >= 15 is 0 Å². The Labute approximate surface area is 129 Å². The third kappa shape index (κ3) is 4.76. The van der Waals surface area contributed by atoms with Crippen molar-refractivity contribution in [2.75, 3.05) is 18.6 Å². The molecule has 6 nitrogen and oxygen atoms in total. The molecule has 0 spiro atoms. The van der Waals surface area contributed by atoms with Gasteiger partial charge in [-0.1, -0.05) is 6.42 Å². The van der Waals surface area contributed by atoms with Crippen LogP contribution in [0.5, 0.6) is 0 Å². The summed E-state index contributed by atoms with van der Waals surface area (Å²) in [4.78, 5) is 13.7. The second kappa shape index (κ2) is 7.86. The molecule has 3 N–H and O–H groups in total. The summed E-state index contributed by atoms with van der Waals surface area (Å²) in [7, 11) is -3.68. The molecule has 0 aliphatic rings. The van der Waals surface area contributed by atoms with Crippen LogP contribution in [0.25, 0.3) is 0 Å². The minimum atomic E-state index is -3.68. The third-order valence-electron chi connectivity index (χ3n) is 3.17. The molecule has 0 radical (unpaired) electrons. The van der Waals surface area contributed by atoms with Gasteiger partial charge in [-0.2, -0.15) is 11.8 Å². The van der Waals surface area contributed by atoms with E-state index in [9.17, 15) is 13.2 Å². The standard InChI is InChI=1S/C13H22N2O4S2/c1-9-11(13(16)17)15-10(2)12(9)21(18,19)14-7-5-4-6-8-20-3/h14-15H,4-8H2,1-3H3,(H,16,17). The summed E-state index contributed by atoms with van der Waals surface area (Å²) >= 11 is 1.77. The quantitative estimate of drug-likeness (QED) is 0.601. The molecule has 1 aromatic rings. The molecular weight excluding hydrogens is 312 g/mol. The molecule has 0 unspecified atom stereocenters. The van der Waals surface area contributed by atoms with Crippen molar-refractivity contribution >= 4 is 27.8 Å². The highest BCUT2D eigenvalue weighted by Crippen LogP contribution is 2.23. The number of carboxylic acids is 1. The predicted molar refractivity (Wildman–Crippen MR) is 84.6 cm³/mol. The highest BCUT2D eigenvalue weighted by atomic mass is 32.2. The Kier molecular flexibility index (Phi) is 6.76. The fraction of sp³-hybridized carbons (Fsp3) is 0.615. The van der Waals surface area contributed by atoms with E-state index in [1.165, 1.54) is 6.92 Å². The molecule has 0 atom stereocenters. The van der Waals surface area contributed by atoms with E-state index in [-0.39, 0.29) is 16.2 Å². The SMILES string of the molecule is CSCCCCCNS(=O)(=O)c1c(C)[nH]c(C(=O)O)c1C. The largest absolute Gasteiger partial charge is 0.477 e. The van der Waals surface area contributed by atoms with Gasteiger partial charge in [0.05, 0.1) is 0 Å². The van der Waals surface area contributed by atoms with E-state index < -0.39 is 16.0 Å².